The minimum atomic E-state index is -0.0419. The molecule has 1 heterocycles. The van der Waals surface area contributed by atoms with Crippen molar-refractivity contribution in [1.29, 1.82) is 0 Å². The molecule has 1 aromatic carbocycles. The van der Waals surface area contributed by atoms with Gasteiger partial charge >= 0.3 is 0 Å². The molecule has 0 amide bonds. The lowest BCUT2D eigenvalue weighted by molar-refractivity contribution is 0.232. The van der Waals surface area contributed by atoms with Gasteiger partial charge in [-0.25, -0.2) is 0 Å². The van der Waals surface area contributed by atoms with Crippen molar-refractivity contribution in [2.75, 3.05) is 39.8 Å². The summed E-state index contributed by atoms with van der Waals surface area (Å²) in [6, 6.07) is 10.9. The lowest BCUT2D eigenvalue weighted by Crippen LogP contribution is -2.52. The highest BCUT2D eigenvalue weighted by Crippen LogP contribution is 2.15. The maximum atomic E-state index is 4.36. The largest absolute Gasteiger partial charge is 0.355 e. The van der Waals surface area contributed by atoms with Crippen molar-refractivity contribution in [3.05, 3.63) is 35.9 Å². The molecule has 1 fully saturated rings. The fourth-order valence-corrected chi connectivity index (χ4v) is 3.50. The molecule has 2 rings (SSSR count). The Labute approximate surface area is 182 Å². The monoisotopic (exact) mass is 487 g/mol. The first-order valence-corrected chi connectivity index (χ1v) is 10.00. The van der Waals surface area contributed by atoms with Crippen molar-refractivity contribution < 1.29 is 0 Å². The Morgan fingerprint density at radius 1 is 1.11 bits per heavy atom. The number of guanidine groups is 1. The number of nitrogens with zero attached hydrogens (tertiary/aromatic N) is 2. The minimum absolute atomic E-state index is 0. The van der Waals surface area contributed by atoms with Gasteiger partial charge in [-0.05, 0) is 52.3 Å². The van der Waals surface area contributed by atoms with Gasteiger partial charge in [-0.3, -0.25) is 4.99 Å². The van der Waals surface area contributed by atoms with Crippen LogP contribution in [0.1, 0.15) is 51.6 Å². The predicted molar refractivity (Wildman–Crippen MR) is 127 cm³/mol. The zero-order valence-electron chi connectivity index (χ0n) is 17.4. The Morgan fingerprint density at radius 3 is 2.41 bits per heavy atom. The van der Waals surface area contributed by atoms with Gasteiger partial charge in [0.1, 0.15) is 0 Å². The third-order valence-electron chi connectivity index (χ3n) is 5.00. The summed E-state index contributed by atoms with van der Waals surface area (Å²) in [5.74, 6) is 0.879. The lowest BCUT2D eigenvalue weighted by Gasteiger charge is -2.31. The minimum Gasteiger partial charge on any atom is -0.355 e. The molecule has 0 radical (unpaired) electrons. The molecule has 0 bridgehead atoms. The molecule has 0 spiro atoms. The van der Waals surface area contributed by atoms with E-state index in [4.69, 9.17) is 0 Å². The Bertz CT molecular complexity index is 541. The number of piperidine rings is 1. The molecule has 5 nitrogen and oxygen atoms in total. The smallest absolute Gasteiger partial charge is 0.191 e. The van der Waals surface area contributed by atoms with Gasteiger partial charge in [0.25, 0.3) is 0 Å². The summed E-state index contributed by atoms with van der Waals surface area (Å²) < 4.78 is 0. The number of likely N-dealkylation sites (tertiary alicyclic amines) is 1. The summed E-state index contributed by atoms with van der Waals surface area (Å²) >= 11 is 0. The molecule has 1 atom stereocenters. The highest BCUT2D eigenvalue weighted by molar-refractivity contribution is 14.0. The number of nitrogens with one attached hydrogen (secondary N) is 3. The maximum absolute atomic E-state index is 4.36. The van der Waals surface area contributed by atoms with E-state index in [1.165, 1.54) is 37.9 Å². The van der Waals surface area contributed by atoms with E-state index in [-0.39, 0.29) is 29.5 Å². The third-order valence-corrected chi connectivity index (χ3v) is 5.00. The van der Waals surface area contributed by atoms with Crippen LogP contribution in [0.2, 0.25) is 0 Å². The van der Waals surface area contributed by atoms with E-state index in [9.17, 15) is 0 Å². The molecule has 154 valence electrons. The van der Waals surface area contributed by atoms with Crippen LogP contribution in [-0.2, 0) is 0 Å². The first-order valence-electron chi connectivity index (χ1n) is 10.00. The van der Waals surface area contributed by atoms with Crippen molar-refractivity contribution in [3.8, 4) is 0 Å². The maximum Gasteiger partial charge on any atom is 0.191 e. The van der Waals surface area contributed by atoms with Crippen molar-refractivity contribution in [2.24, 2.45) is 4.99 Å². The zero-order chi connectivity index (χ0) is 18.8. The molecule has 0 aromatic heterocycles. The van der Waals surface area contributed by atoms with Gasteiger partial charge in [-0.15, -0.1) is 24.0 Å². The number of rotatable bonds is 8. The summed E-state index contributed by atoms with van der Waals surface area (Å²) in [5.41, 5.74) is 1.27. The van der Waals surface area contributed by atoms with Crippen LogP contribution >= 0.6 is 24.0 Å². The second kappa shape index (κ2) is 12.6. The van der Waals surface area contributed by atoms with Crippen LogP contribution in [0.4, 0.5) is 0 Å². The van der Waals surface area contributed by atoms with Crippen LogP contribution in [0.3, 0.4) is 0 Å². The van der Waals surface area contributed by atoms with Crippen LogP contribution in [0.5, 0.6) is 0 Å². The van der Waals surface area contributed by atoms with E-state index in [0.29, 0.717) is 6.04 Å². The average Bonchev–Trinajstić information content (AvgIpc) is 2.65. The summed E-state index contributed by atoms with van der Waals surface area (Å²) in [7, 11) is 1.84. The summed E-state index contributed by atoms with van der Waals surface area (Å²) in [6.07, 6.45) is 4.06. The summed E-state index contributed by atoms with van der Waals surface area (Å²) in [5, 5.41) is 10.6. The number of hydrogen-bond donors (Lipinski definition) is 3. The first kappa shape index (κ1) is 24.2. The molecule has 1 aromatic rings. The van der Waals surface area contributed by atoms with Gasteiger partial charge in [-0.1, -0.05) is 36.8 Å². The van der Waals surface area contributed by atoms with Crippen molar-refractivity contribution in [2.45, 2.75) is 51.6 Å². The fourth-order valence-electron chi connectivity index (χ4n) is 3.50. The molecule has 0 saturated carbocycles. The molecule has 1 saturated heterocycles. The second-order valence-electron chi connectivity index (χ2n) is 7.92. The number of hydrogen-bond acceptors (Lipinski definition) is 3. The highest BCUT2D eigenvalue weighted by Gasteiger charge is 2.21. The fraction of sp³-hybridized carbons (Fsp3) is 0.667. The van der Waals surface area contributed by atoms with Gasteiger partial charge in [0, 0.05) is 38.3 Å². The Hall–Kier alpha value is -0.860. The molecule has 1 aliphatic heterocycles. The quantitative estimate of drug-likeness (QED) is 0.299. The number of benzene rings is 1. The van der Waals surface area contributed by atoms with E-state index in [1.54, 1.807) is 0 Å². The molecule has 1 aliphatic rings. The van der Waals surface area contributed by atoms with Gasteiger partial charge in [0.15, 0.2) is 5.96 Å². The third kappa shape index (κ3) is 9.25. The topological polar surface area (TPSA) is 51.7 Å². The second-order valence-corrected chi connectivity index (χ2v) is 7.92. The van der Waals surface area contributed by atoms with Crippen molar-refractivity contribution in [3.63, 3.8) is 0 Å². The predicted octanol–water partition coefficient (Wildman–Crippen LogP) is 3.38. The molecular weight excluding hydrogens is 449 g/mol. The average molecular weight is 487 g/mol. The zero-order valence-corrected chi connectivity index (χ0v) is 19.8. The van der Waals surface area contributed by atoms with Gasteiger partial charge in [0.05, 0.1) is 0 Å². The SMILES string of the molecule is CN=C(NCCN1CCCCC1)NCC(C)(C)NC(C)c1ccccc1.I. The summed E-state index contributed by atoms with van der Waals surface area (Å²) in [4.78, 5) is 6.90. The van der Waals surface area contributed by atoms with Gasteiger partial charge < -0.3 is 20.9 Å². The van der Waals surface area contributed by atoms with E-state index in [0.717, 1.165) is 25.6 Å². The first-order chi connectivity index (χ1) is 12.5. The summed E-state index contributed by atoms with van der Waals surface area (Å²) in [6.45, 7) is 12.0. The molecule has 27 heavy (non-hydrogen) atoms. The van der Waals surface area contributed by atoms with Crippen LogP contribution in [0.15, 0.2) is 35.3 Å². The van der Waals surface area contributed by atoms with E-state index >= 15 is 0 Å². The lowest BCUT2D eigenvalue weighted by atomic mass is 10.0. The van der Waals surface area contributed by atoms with Crippen molar-refractivity contribution >= 4 is 29.9 Å². The molecule has 3 N–H and O–H groups in total. The van der Waals surface area contributed by atoms with Crippen LogP contribution in [0, 0.1) is 0 Å². The van der Waals surface area contributed by atoms with Crippen LogP contribution < -0.4 is 16.0 Å². The van der Waals surface area contributed by atoms with E-state index in [2.05, 4.69) is 76.9 Å². The standard InChI is InChI=1S/C21H37N5.HI/c1-18(19-11-7-5-8-12-19)25-21(2,3)17-24-20(22-4)23-13-16-26-14-9-6-10-15-26;/h5,7-8,11-12,18,25H,6,9-10,13-17H2,1-4H3,(H2,22,23,24);1H. The van der Waals surface area contributed by atoms with Crippen molar-refractivity contribution in [1.82, 2.24) is 20.9 Å². The molecule has 1 unspecified atom stereocenters. The van der Waals surface area contributed by atoms with Gasteiger partial charge in [-0.2, -0.15) is 0 Å². The van der Waals surface area contributed by atoms with Crippen LogP contribution in [-0.4, -0.2) is 56.2 Å². The van der Waals surface area contributed by atoms with E-state index in [1.807, 2.05) is 7.05 Å². The Morgan fingerprint density at radius 2 is 1.78 bits per heavy atom. The molecular formula is C21H38IN5. The number of halogens is 1. The molecule has 0 aliphatic carbocycles. The Balaban J connectivity index is 0.00000364. The van der Waals surface area contributed by atoms with Crippen LogP contribution in [0.25, 0.3) is 0 Å². The highest BCUT2D eigenvalue weighted by atomic mass is 127. The van der Waals surface area contributed by atoms with Gasteiger partial charge in [0.2, 0.25) is 0 Å². The Kier molecular flexibility index (Phi) is 11.3. The van der Waals surface area contributed by atoms with E-state index < -0.39 is 0 Å². The number of aliphatic imine (C=N–C) groups is 1. The molecule has 6 heteroatoms. The normalized spacial score (nSPS) is 17.1.